The van der Waals surface area contributed by atoms with Crippen LogP contribution in [0.15, 0.2) is 0 Å². The van der Waals surface area contributed by atoms with Crippen LogP contribution in [-0.4, -0.2) is 75.4 Å². The van der Waals surface area contributed by atoms with Crippen LogP contribution in [0.4, 0.5) is 0 Å². The summed E-state index contributed by atoms with van der Waals surface area (Å²) in [5, 5.41) is 40.3. The first-order valence-corrected chi connectivity index (χ1v) is 7.08. The maximum Gasteiger partial charge on any atom is 0.224 e. The van der Waals surface area contributed by atoms with Crippen molar-refractivity contribution in [1.82, 2.24) is 5.32 Å². The average Bonchev–Trinajstić information content (AvgIpc) is 2.46. The summed E-state index contributed by atoms with van der Waals surface area (Å²) in [6, 6.07) is -0.982. The van der Waals surface area contributed by atoms with Gasteiger partial charge in [-0.15, -0.1) is 0 Å². The van der Waals surface area contributed by atoms with Gasteiger partial charge in [0.15, 0.2) is 12.0 Å². The van der Waals surface area contributed by atoms with Crippen molar-refractivity contribution in [3.8, 4) is 0 Å². The number of carbonyl (C=O) groups is 2. The SMILES string of the molecule is CC(C)C(=O)C(N)CC(=O)N[C@@H]1OC(CO)[C@@H](O)[C@H](O)C1O. The van der Waals surface area contributed by atoms with Crippen LogP contribution in [-0.2, 0) is 14.3 Å². The molecule has 0 aromatic carbocycles. The molecule has 1 fully saturated rings. The third-order valence-corrected chi connectivity index (χ3v) is 3.54. The number of aliphatic hydroxyl groups excluding tert-OH is 4. The summed E-state index contributed by atoms with van der Waals surface area (Å²) in [7, 11) is 0. The molecule has 0 aliphatic carbocycles. The number of hydrogen-bond donors (Lipinski definition) is 6. The summed E-state index contributed by atoms with van der Waals surface area (Å²) >= 11 is 0. The first-order chi connectivity index (χ1) is 10.2. The van der Waals surface area contributed by atoms with Crippen molar-refractivity contribution in [2.24, 2.45) is 11.7 Å². The summed E-state index contributed by atoms with van der Waals surface area (Å²) in [6.07, 6.45) is -7.38. The molecule has 9 nitrogen and oxygen atoms in total. The van der Waals surface area contributed by atoms with Crippen LogP contribution < -0.4 is 11.1 Å². The van der Waals surface area contributed by atoms with Gasteiger partial charge in [-0.3, -0.25) is 9.59 Å². The highest BCUT2D eigenvalue weighted by Gasteiger charge is 2.44. The van der Waals surface area contributed by atoms with E-state index in [1.807, 2.05) is 0 Å². The van der Waals surface area contributed by atoms with E-state index in [4.69, 9.17) is 15.6 Å². The Morgan fingerprint density at radius 2 is 1.77 bits per heavy atom. The van der Waals surface area contributed by atoms with Crippen LogP contribution in [0.25, 0.3) is 0 Å². The number of ether oxygens (including phenoxy) is 1. The van der Waals surface area contributed by atoms with Crippen molar-refractivity contribution >= 4 is 11.7 Å². The average molecular weight is 320 g/mol. The Kier molecular flexibility index (Phi) is 6.85. The van der Waals surface area contributed by atoms with E-state index < -0.39 is 49.2 Å². The molecule has 1 amide bonds. The maximum atomic E-state index is 11.8. The Bertz CT molecular complexity index is 402. The Hall–Kier alpha value is -1.10. The summed E-state index contributed by atoms with van der Waals surface area (Å²) in [5.74, 6) is -1.23. The summed E-state index contributed by atoms with van der Waals surface area (Å²) < 4.78 is 5.12. The molecule has 0 bridgehead atoms. The molecule has 0 aromatic rings. The van der Waals surface area contributed by atoms with E-state index in [2.05, 4.69) is 5.32 Å². The number of rotatable bonds is 6. The molecule has 0 spiro atoms. The number of ketones is 1. The Morgan fingerprint density at radius 1 is 1.18 bits per heavy atom. The van der Waals surface area contributed by atoms with Crippen LogP contribution in [0.2, 0.25) is 0 Å². The van der Waals surface area contributed by atoms with Crippen molar-refractivity contribution in [1.29, 1.82) is 0 Å². The minimum atomic E-state index is -1.58. The standard InChI is InChI=1S/C13H24N2O7/c1-5(2)9(18)6(14)3-8(17)15-13-12(21)11(20)10(19)7(4-16)22-13/h5-7,10-13,16,19-21H,3-4,14H2,1-2H3,(H,15,17)/t6?,7?,10-,11+,12?,13-/m1/s1. The number of aliphatic hydroxyl groups is 4. The summed E-state index contributed by atoms with van der Waals surface area (Å²) in [6.45, 7) is 2.73. The van der Waals surface area contributed by atoms with Crippen molar-refractivity contribution in [3.05, 3.63) is 0 Å². The van der Waals surface area contributed by atoms with Gasteiger partial charge in [-0.05, 0) is 0 Å². The van der Waals surface area contributed by atoms with Gasteiger partial charge in [-0.25, -0.2) is 0 Å². The highest BCUT2D eigenvalue weighted by atomic mass is 16.6. The van der Waals surface area contributed by atoms with Crippen molar-refractivity contribution in [2.45, 2.75) is 57.0 Å². The van der Waals surface area contributed by atoms with Crippen molar-refractivity contribution in [2.75, 3.05) is 6.61 Å². The minimum Gasteiger partial charge on any atom is -0.394 e. The first kappa shape index (κ1) is 18.9. The third-order valence-electron chi connectivity index (χ3n) is 3.54. The number of nitrogens with one attached hydrogen (secondary N) is 1. The topological polar surface area (TPSA) is 162 Å². The van der Waals surface area contributed by atoms with Gasteiger partial charge in [0.25, 0.3) is 0 Å². The second kappa shape index (κ2) is 7.95. The second-order valence-electron chi connectivity index (χ2n) is 5.68. The lowest BCUT2D eigenvalue weighted by atomic mass is 9.97. The number of amides is 1. The molecule has 1 aliphatic heterocycles. The molecule has 3 unspecified atom stereocenters. The molecular formula is C13H24N2O7. The lowest BCUT2D eigenvalue weighted by molar-refractivity contribution is -0.236. The zero-order valence-electron chi connectivity index (χ0n) is 12.5. The fourth-order valence-corrected chi connectivity index (χ4v) is 2.17. The molecule has 1 rings (SSSR count). The molecule has 128 valence electrons. The van der Waals surface area contributed by atoms with E-state index in [9.17, 15) is 24.9 Å². The molecule has 1 aliphatic rings. The van der Waals surface area contributed by atoms with Crippen LogP contribution >= 0.6 is 0 Å². The minimum absolute atomic E-state index is 0.274. The van der Waals surface area contributed by atoms with Gasteiger partial charge in [0.1, 0.15) is 24.4 Å². The van der Waals surface area contributed by atoms with Crippen LogP contribution in [0.3, 0.4) is 0 Å². The zero-order valence-corrected chi connectivity index (χ0v) is 12.5. The molecule has 9 heteroatoms. The zero-order chi connectivity index (χ0) is 17.0. The van der Waals surface area contributed by atoms with Crippen molar-refractivity contribution < 1.29 is 34.8 Å². The predicted octanol–water partition coefficient (Wildman–Crippen LogP) is -3.15. The molecule has 1 heterocycles. The monoisotopic (exact) mass is 320 g/mol. The van der Waals surface area contributed by atoms with Crippen molar-refractivity contribution in [3.63, 3.8) is 0 Å². The Labute approximate surface area is 128 Å². The third kappa shape index (κ3) is 4.45. The van der Waals surface area contributed by atoms with Gasteiger partial charge in [0, 0.05) is 12.3 Å². The molecule has 0 aromatic heterocycles. The van der Waals surface area contributed by atoms with E-state index in [0.29, 0.717) is 0 Å². The molecule has 6 atom stereocenters. The molecular weight excluding hydrogens is 296 g/mol. The highest BCUT2D eigenvalue weighted by molar-refractivity contribution is 5.90. The lowest BCUT2D eigenvalue weighted by Gasteiger charge is -2.40. The van der Waals surface area contributed by atoms with Gasteiger partial charge in [-0.1, -0.05) is 13.8 Å². The van der Waals surface area contributed by atoms with E-state index in [1.165, 1.54) is 0 Å². The Balaban J connectivity index is 2.61. The van der Waals surface area contributed by atoms with E-state index in [1.54, 1.807) is 13.8 Å². The van der Waals surface area contributed by atoms with Crippen LogP contribution in [0, 0.1) is 5.92 Å². The van der Waals surface area contributed by atoms with Gasteiger partial charge in [0.05, 0.1) is 12.6 Å². The van der Waals surface area contributed by atoms with E-state index >= 15 is 0 Å². The molecule has 22 heavy (non-hydrogen) atoms. The van der Waals surface area contributed by atoms with Gasteiger partial charge in [-0.2, -0.15) is 0 Å². The van der Waals surface area contributed by atoms with E-state index in [-0.39, 0.29) is 18.1 Å². The second-order valence-corrected chi connectivity index (χ2v) is 5.68. The largest absolute Gasteiger partial charge is 0.394 e. The Morgan fingerprint density at radius 3 is 2.27 bits per heavy atom. The van der Waals surface area contributed by atoms with Crippen LogP contribution in [0.1, 0.15) is 20.3 Å². The number of Topliss-reactive ketones (excluding diaryl/α,β-unsaturated/α-hetero) is 1. The first-order valence-electron chi connectivity index (χ1n) is 7.08. The smallest absolute Gasteiger partial charge is 0.224 e. The predicted molar refractivity (Wildman–Crippen MR) is 74.3 cm³/mol. The fourth-order valence-electron chi connectivity index (χ4n) is 2.17. The van der Waals surface area contributed by atoms with E-state index in [0.717, 1.165) is 0 Å². The molecule has 0 radical (unpaired) electrons. The highest BCUT2D eigenvalue weighted by Crippen LogP contribution is 2.19. The number of hydrogen-bond acceptors (Lipinski definition) is 8. The fraction of sp³-hybridized carbons (Fsp3) is 0.846. The molecule has 0 saturated carbocycles. The number of nitrogens with two attached hydrogens (primary N) is 1. The molecule has 1 saturated heterocycles. The quantitative estimate of drug-likeness (QED) is 0.299. The summed E-state index contributed by atoms with van der Waals surface area (Å²) in [5.41, 5.74) is 5.62. The van der Waals surface area contributed by atoms with Gasteiger partial charge in [0.2, 0.25) is 5.91 Å². The van der Waals surface area contributed by atoms with Gasteiger partial charge < -0.3 is 36.2 Å². The summed E-state index contributed by atoms with van der Waals surface area (Å²) in [4.78, 5) is 23.5. The van der Waals surface area contributed by atoms with Gasteiger partial charge >= 0.3 is 0 Å². The number of carbonyl (C=O) groups excluding carboxylic acids is 2. The van der Waals surface area contributed by atoms with Crippen LogP contribution in [0.5, 0.6) is 0 Å². The molecule has 7 N–H and O–H groups in total. The normalized spacial score (nSPS) is 33.5. The maximum absolute atomic E-state index is 11.8. The lowest BCUT2D eigenvalue weighted by Crippen LogP contribution is -2.63.